The Balaban J connectivity index is 1.86. The van der Waals surface area contributed by atoms with E-state index in [4.69, 9.17) is 16.6 Å². The molecule has 0 saturated heterocycles. The number of carbonyl (C=O) groups is 2. The number of hydrogen-bond donors (Lipinski definition) is 1. The lowest BCUT2D eigenvalue weighted by Gasteiger charge is -2.34. The Hall–Kier alpha value is -2.86. The minimum Gasteiger partial charge on any atom is -0.345 e. The van der Waals surface area contributed by atoms with Crippen molar-refractivity contribution in [2.75, 3.05) is 0 Å². The second-order valence-corrected chi connectivity index (χ2v) is 8.54. The fraction of sp³-hybridized carbons (Fsp3) is 0.400. The monoisotopic (exact) mass is 454 g/mol. The fourth-order valence-corrected chi connectivity index (χ4v) is 3.96. The molecule has 2 atom stereocenters. The normalized spacial score (nSPS) is 13.0. The quantitative estimate of drug-likeness (QED) is 0.492. The number of carbonyl (C=O) groups excluding carboxylic acids is 2. The maximum absolute atomic E-state index is 13.4. The highest BCUT2D eigenvalue weighted by Gasteiger charge is 2.25. The van der Waals surface area contributed by atoms with E-state index < -0.39 is 0 Å². The van der Waals surface area contributed by atoms with Gasteiger partial charge in [-0.05, 0) is 63.1 Å². The van der Waals surface area contributed by atoms with E-state index in [0.29, 0.717) is 16.4 Å². The third-order valence-electron chi connectivity index (χ3n) is 5.96. The fourth-order valence-electron chi connectivity index (χ4n) is 3.84. The van der Waals surface area contributed by atoms with Gasteiger partial charge >= 0.3 is 0 Å². The summed E-state index contributed by atoms with van der Waals surface area (Å²) in [6, 6.07) is 14.8. The highest BCUT2D eigenvalue weighted by Crippen LogP contribution is 2.19. The smallest absolute Gasteiger partial charge is 0.251 e. The van der Waals surface area contributed by atoms with Crippen molar-refractivity contribution in [3.63, 3.8) is 0 Å². The van der Waals surface area contributed by atoms with Crippen molar-refractivity contribution in [3.05, 3.63) is 64.9 Å². The molecule has 32 heavy (non-hydrogen) atoms. The number of amides is 2. The van der Waals surface area contributed by atoms with Crippen LogP contribution in [0.25, 0.3) is 11.0 Å². The molecule has 3 aromatic rings. The molecular weight excluding hydrogens is 424 g/mol. The molecule has 6 nitrogen and oxygen atoms in total. The molecule has 0 radical (unpaired) electrons. The zero-order valence-corrected chi connectivity index (χ0v) is 19.9. The number of benzene rings is 2. The zero-order valence-electron chi connectivity index (χ0n) is 19.1. The van der Waals surface area contributed by atoms with Gasteiger partial charge in [0, 0.05) is 22.7 Å². The molecule has 3 rings (SSSR count). The van der Waals surface area contributed by atoms with Crippen LogP contribution < -0.4 is 5.32 Å². The number of halogens is 1. The molecule has 170 valence electrons. The molecule has 2 unspecified atom stereocenters. The Morgan fingerprint density at radius 2 is 1.66 bits per heavy atom. The third kappa shape index (κ3) is 5.30. The van der Waals surface area contributed by atoms with Crippen molar-refractivity contribution in [3.8, 4) is 0 Å². The molecular formula is C25H31ClN4O2. The highest BCUT2D eigenvalue weighted by atomic mass is 35.5. The summed E-state index contributed by atoms with van der Waals surface area (Å²) >= 11 is 5.91. The van der Waals surface area contributed by atoms with Gasteiger partial charge in [0.2, 0.25) is 5.91 Å². The van der Waals surface area contributed by atoms with Crippen LogP contribution in [0.3, 0.4) is 0 Å². The van der Waals surface area contributed by atoms with Crippen molar-refractivity contribution >= 4 is 34.4 Å². The van der Waals surface area contributed by atoms with E-state index in [0.717, 1.165) is 23.9 Å². The van der Waals surface area contributed by atoms with Gasteiger partial charge in [-0.3, -0.25) is 9.59 Å². The number of rotatable bonds is 9. The number of hydrogen-bond acceptors (Lipinski definition) is 3. The van der Waals surface area contributed by atoms with Crippen LogP contribution in [0.1, 0.15) is 56.7 Å². The molecule has 0 aliphatic carbocycles. The lowest BCUT2D eigenvalue weighted by atomic mass is 10.1. The maximum atomic E-state index is 13.4. The van der Waals surface area contributed by atoms with Gasteiger partial charge in [-0.25, -0.2) is 4.98 Å². The molecule has 1 aromatic heterocycles. The van der Waals surface area contributed by atoms with Gasteiger partial charge in [-0.1, -0.05) is 37.6 Å². The predicted molar refractivity (Wildman–Crippen MR) is 129 cm³/mol. The van der Waals surface area contributed by atoms with Crippen LogP contribution in [0.4, 0.5) is 0 Å². The summed E-state index contributed by atoms with van der Waals surface area (Å²) in [5, 5.41) is 3.49. The van der Waals surface area contributed by atoms with Gasteiger partial charge in [0.25, 0.3) is 5.91 Å². The van der Waals surface area contributed by atoms with E-state index in [-0.39, 0.29) is 37.0 Å². The van der Waals surface area contributed by atoms with Crippen molar-refractivity contribution < 1.29 is 9.59 Å². The van der Waals surface area contributed by atoms with E-state index in [1.54, 1.807) is 24.3 Å². The number of imidazole rings is 1. The summed E-state index contributed by atoms with van der Waals surface area (Å²) < 4.78 is 1.91. The van der Waals surface area contributed by atoms with Gasteiger partial charge in [0.05, 0.1) is 17.6 Å². The number of aromatic nitrogens is 2. The molecule has 1 heterocycles. The summed E-state index contributed by atoms with van der Waals surface area (Å²) in [7, 11) is 0. The topological polar surface area (TPSA) is 67.2 Å². The van der Waals surface area contributed by atoms with Crippen LogP contribution in [0, 0.1) is 0 Å². The van der Waals surface area contributed by atoms with Crippen LogP contribution >= 0.6 is 11.6 Å². The van der Waals surface area contributed by atoms with Crippen molar-refractivity contribution in [2.24, 2.45) is 0 Å². The van der Waals surface area contributed by atoms with Crippen LogP contribution in [0.2, 0.25) is 5.02 Å². The van der Waals surface area contributed by atoms with Crippen molar-refractivity contribution in [2.45, 2.75) is 65.7 Å². The molecule has 1 N–H and O–H groups in total. The average Bonchev–Trinajstić information content (AvgIpc) is 3.15. The lowest BCUT2D eigenvalue weighted by molar-refractivity contribution is -0.136. The largest absolute Gasteiger partial charge is 0.345 e. The standard InChI is InChI=1S/C25H31ClN4O2/c1-5-17(3)30(18(4)6-2)24(31)16-29-22-10-8-7-9-21(22)28-23(29)15-27-25(32)19-11-13-20(26)14-12-19/h7-14,17-18H,5-6,15-16H2,1-4H3,(H,27,32). The third-order valence-corrected chi connectivity index (χ3v) is 6.21. The number of nitrogens with zero attached hydrogens (tertiary/aromatic N) is 3. The van der Waals surface area contributed by atoms with E-state index in [9.17, 15) is 9.59 Å². The molecule has 0 saturated carbocycles. The highest BCUT2D eigenvalue weighted by molar-refractivity contribution is 6.30. The molecule has 0 aliphatic rings. The first-order valence-electron chi connectivity index (χ1n) is 11.1. The van der Waals surface area contributed by atoms with Gasteiger partial charge in [0.1, 0.15) is 12.4 Å². The number of fused-ring (bicyclic) bond motifs is 1. The molecule has 0 fully saturated rings. The Morgan fingerprint density at radius 3 is 2.28 bits per heavy atom. The Bertz CT molecular complexity index is 1070. The second kappa shape index (κ2) is 10.6. The summed E-state index contributed by atoms with van der Waals surface area (Å²) in [6.07, 6.45) is 1.79. The van der Waals surface area contributed by atoms with E-state index in [2.05, 4.69) is 33.0 Å². The Labute approximate surface area is 194 Å². The second-order valence-electron chi connectivity index (χ2n) is 8.11. The molecule has 2 amide bonds. The van der Waals surface area contributed by atoms with E-state index >= 15 is 0 Å². The molecule has 0 spiro atoms. The first-order chi connectivity index (χ1) is 15.3. The first kappa shape index (κ1) is 23.8. The summed E-state index contributed by atoms with van der Waals surface area (Å²) in [4.78, 5) is 32.6. The molecule has 0 bridgehead atoms. The van der Waals surface area contributed by atoms with Crippen LogP contribution in [-0.4, -0.2) is 38.3 Å². The summed E-state index contributed by atoms with van der Waals surface area (Å²) in [5.41, 5.74) is 2.20. The van der Waals surface area contributed by atoms with Crippen LogP contribution in [0.5, 0.6) is 0 Å². The lowest BCUT2D eigenvalue weighted by Crippen LogP contribution is -2.46. The minimum atomic E-state index is -0.215. The number of para-hydroxylation sites is 2. The average molecular weight is 455 g/mol. The van der Waals surface area contributed by atoms with Gasteiger partial charge in [0.15, 0.2) is 0 Å². The predicted octanol–water partition coefficient (Wildman–Crippen LogP) is 5.05. The minimum absolute atomic E-state index is 0.0575. The van der Waals surface area contributed by atoms with Crippen LogP contribution in [0.15, 0.2) is 48.5 Å². The van der Waals surface area contributed by atoms with Crippen molar-refractivity contribution in [1.29, 1.82) is 0 Å². The van der Waals surface area contributed by atoms with Gasteiger partial charge < -0.3 is 14.8 Å². The molecule has 0 aliphatic heterocycles. The Kier molecular flexibility index (Phi) is 7.91. The number of nitrogens with one attached hydrogen (secondary N) is 1. The van der Waals surface area contributed by atoms with Gasteiger partial charge in [-0.15, -0.1) is 0 Å². The first-order valence-corrected chi connectivity index (χ1v) is 11.5. The van der Waals surface area contributed by atoms with E-state index in [1.807, 2.05) is 33.7 Å². The Morgan fingerprint density at radius 1 is 1.03 bits per heavy atom. The molecule has 7 heteroatoms. The van der Waals surface area contributed by atoms with Crippen molar-refractivity contribution in [1.82, 2.24) is 19.8 Å². The van der Waals surface area contributed by atoms with E-state index in [1.165, 1.54) is 0 Å². The van der Waals surface area contributed by atoms with Gasteiger partial charge in [-0.2, -0.15) is 0 Å². The zero-order chi connectivity index (χ0) is 23.3. The maximum Gasteiger partial charge on any atom is 0.251 e. The summed E-state index contributed by atoms with van der Waals surface area (Å²) in [5.74, 6) is 0.490. The SMILES string of the molecule is CCC(C)N(C(=O)Cn1c(CNC(=O)c2ccc(Cl)cc2)nc2ccccc21)C(C)CC. The molecule has 2 aromatic carbocycles. The summed E-state index contributed by atoms with van der Waals surface area (Å²) in [6.45, 7) is 8.76. The van der Waals surface area contributed by atoms with Crippen LogP contribution in [-0.2, 0) is 17.9 Å².